The van der Waals surface area contributed by atoms with Crippen LogP contribution in [0.25, 0.3) is 22.4 Å². The fourth-order valence-corrected chi connectivity index (χ4v) is 3.34. The molecule has 4 rings (SSSR count). The van der Waals surface area contributed by atoms with Crippen molar-refractivity contribution in [3.8, 4) is 22.4 Å². The van der Waals surface area contributed by atoms with Crippen molar-refractivity contribution in [3.05, 3.63) is 101 Å². The van der Waals surface area contributed by atoms with Gasteiger partial charge in [0, 0.05) is 31.5 Å². The van der Waals surface area contributed by atoms with Crippen LogP contribution in [-0.2, 0) is 7.05 Å². The van der Waals surface area contributed by atoms with Crippen molar-refractivity contribution < 1.29 is 9.50 Å². The molecule has 0 aliphatic heterocycles. The highest BCUT2D eigenvalue weighted by Gasteiger charge is 2.19. The van der Waals surface area contributed by atoms with Crippen molar-refractivity contribution in [1.29, 1.82) is 0 Å². The fourth-order valence-electron chi connectivity index (χ4n) is 3.34. The van der Waals surface area contributed by atoms with Crippen LogP contribution >= 0.6 is 0 Å². The Morgan fingerprint density at radius 2 is 1.68 bits per heavy atom. The molecule has 2 aromatic carbocycles. The number of nitrogens with one attached hydrogen (secondary N) is 1. The van der Waals surface area contributed by atoms with Gasteiger partial charge in [-0.1, -0.05) is 42.5 Å². The van der Waals surface area contributed by atoms with Gasteiger partial charge in [0.1, 0.15) is 5.82 Å². The number of aliphatic hydroxyl groups is 1. The first kappa shape index (κ1) is 20.4. The highest BCUT2D eigenvalue weighted by molar-refractivity contribution is 5.80. The summed E-state index contributed by atoms with van der Waals surface area (Å²) in [5.41, 5.74) is 2.56. The van der Waals surface area contributed by atoms with Crippen LogP contribution in [0.3, 0.4) is 0 Å². The van der Waals surface area contributed by atoms with Crippen molar-refractivity contribution in [2.75, 3.05) is 11.9 Å². The van der Waals surface area contributed by atoms with Crippen LogP contribution in [0.2, 0.25) is 0 Å². The second kappa shape index (κ2) is 8.89. The molecule has 0 saturated carbocycles. The summed E-state index contributed by atoms with van der Waals surface area (Å²) in [7, 11) is 1.61. The average molecular weight is 416 g/mol. The zero-order valence-corrected chi connectivity index (χ0v) is 16.9. The van der Waals surface area contributed by atoms with Gasteiger partial charge in [0.15, 0.2) is 0 Å². The Bertz CT molecular complexity index is 1230. The molecule has 6 nitrogen and oxygen atoms in total. The van der Waals surface area contributed by atoms with Crippen molar-refractivity contribution in [3.63, 3.8) is 0 Å². The Morgan fingerprint density at radius 1 is 1.00 bits per heavy atom. The molecule has 2 N–H and O–H groups in total. The number of rotatable bonds is 6. The van der Waals surface area contributed by atoms with Gasteiger partial charge >= 0.3 is 0 Å². The van der Waals surface area contributed by atoms with E-state index in [2.05, 4.69) is 15.3 Å². The number of hydrogen-bond donors (Lipinski definition) is 2. The average Bonchev–Trinajstić information content (AvgIpc) is 2.81. The van der Waals surface area contributed by atoms with Crippen LogP contribution < -0.4 is 10.9 Å². The number of aliphatic hydroxyl groups excluding tert-OH is 1. The van der Waals surface area contributed by atoms with E-state index < -0.39 is 6.10 Å². The van der Waals surface area contributed by atoms with Crippen LogP contribution in [0.1, 0.15) is 11.7 Å². The van der Waals surface area contributed by atoms with E-state index in [1.165, 1.54) is 16.7 Å². The van der Waals surface area contributed by atoms with Crippen molar-refractivity contribution in [2.45, 2.75) is 6.10 Å². The third kappa shape index (κ3) is 4.36. The summed E-state index contributed by atoms with van der Waals surface area (Å²) < 4.78 is 14.8. The highest BCUT2D eigenvalue weighted by atomic mass is 19.1. The van der Waals surface area contributed by atoms with Gasteiger partial charge in [0.05, 0.1) is 17.4 Å². The molecule has 156 valence electrons. The normalized spacial score (nSPS) is 11.8. The summed E-state index contributed by atoms with van der Waals surface area (Å²) in [5.74, 6) is -0.0650. The number of aromatic nitrogens is 3. The van der Waals surface area contributed by atoms with E-state index in [0.717, 1.165) is 5.56 Å². The molecule has 1 unspecified atom stereocenters. The van der Waals surface area contributed by atoms with Crippen molar-refractivity contribution >= 4 is 5.95 Å². The lowest BCUT2D eigenvalue weighted by atomic mass is 10.0. The van der Waals surface area contributed by atoms with Gasteiger partial charge in [-0.05, 0) is 35.4 Å². The van der Waals surface area contributed by atoms with Crippen LogP contribution in [0.4, 0.5) is 10.3 Å². The van der Waals surface area contributed by atoms with Crippen molar-refractivity contribution in [1.82, 2.24) is 14.5 Å². The zero-order valence-electron chi connectivity index (χ0n) is 16.9. The maximum Gasteiger partial charge on any atom is 0.263 e. The first-order valence-corrected chi connectivity index (χ1v) is 9.79. The number of halogens is 1. The van der Waals surface area contributed by atoms with Gasteiger partial charge in [-0.25, -0.2) is 9.37 Å². The third-order valence-corrected chi connectivity index (χ3v) is 5.02. The minimum Gasteiger partial charge on any atom is -0.387 e. The van der Waals surface area contributed by atoms with Crippen molar-refractivity contribution in [2.24, 2.45) is 7.05 Å². The molecule has 1 atom stereocenters. The van der Waals surface area contributed by atoms with E-state index >= 15 is 0 Å². The number of nitrogens with zero attached hydrogens (tertiary/aromatic N) is 3. The zero-order chi connectivity index (χ0) is 21.8. The lowest BCUT2D eigenvalue weighted by Crippen LogP contribution is -2.26. The quantitative estimate of drug-likeness (QED) is 0.500. The molecule has 7 heteroatoms. The van der Waals surface area contributed by atoms with E-state index in [-0.39, 0.29) is 17.9 Å². The van der Waals surface area contributed by atoms with E-state index in [1.807, 2.05) is 30.3 Å². The molecule has 4 aromatic rings. The fraction of sp³-hybridized carbons (Fsp3) is 0.125. The van der Waals surface area contributed by atoms with Gasteiger partial charge < -0.3 is 10.4 Å². The lowest BCUT2D eigenvalue weighted by Gasteiger charge is -2.18. The minimum absolute atomic E-state index is 0.177. The molecule has 0 radical (unpaired) electrons. The van der Waals surface area contributed by atoms with E-state index in [9.17, 15) is 14.3 Å². The highest BCUT2D eigenvalue weighted by Crippen LogP contribution is 2.29. The molecule has 0 amide bonds. The van der Waals surface area contributed by atoms with E-state index in [1.54, 1.807) is 43.7 Å². The summed E-state index contributed by atoms with van der Waals surface area (Å²) in [4.78, 5) is 22.0. The molecule has 0 fully saturated rings. The van der Waals surface area contributed by atoms with E-state index in [4.69, 9.17) is 0 Å². The third-order valence-electron chi connectivity index (χ3n) is 5.02. The van der Waals surface area contributed by atoms with Crippen LogP contribution in [0.15, 0.2) is 83.9 Å². The number of pyridine rings is 1. The molecule has 0 saturated heterocycles. The predicted molar refractivity (Wildman–Crippen MR) is 118 cm³/mol. The first-order chi connectivity index (χ1) is 15.0. The molecule has 2 heterocycles. The molecule has 0 spiro atoms. The Labute approximate surface area is 178 Å². The number of hydrogen-bond acceptors (Lipinski definition) is 5. The maximum atomic E-state index is 13.4. The number of anilines is 1. The number of benzene rings is 2. The summed E-state index contributed by atoms with van der Waals surface area (Å²) in [6, 6.07) is 18.5. The Morgan fingerprint density at radius 3 is 2.35 bits per heavy atom. The maximum absolute atomic E-state index is 13.4. The Hall–Kier alpha value is -3.84. The molecule has 2 aromatic heterocycles. The monoisotopic (exact) mass is 416 g/mol. The Balaban J connectivity index is 1.77. The molecule has 0 aliphatic carbocycles. The van der Waals surface area contributed by atoms with Crippen LogP contribution in [0, 0.1) is 5.82 Å². The largest absolute Gasteiger partial charge is 0.387 e. The summed E-state index contributed by atoms with van der Waals surface area (Å²) in [6.07, 6.45) is 2.48. The summed E-state index contributed by atoms with van der Waals surface area (Å²) >= 11 is 0. The Kier molecular flexibility index (Phi) is 5.86. The van der Waals surface area contributed by atoms with Gasteiger partial charge in [-0.3, -0.25) is 14.3 Å². The van der Waals surface area contributed by atoms with Gasteiger partial charge in [0.2, 0.25) is 5.95 Å². The van der Waals surface area contributed by atoms with Crippen LogP contribution in [-0.4, -0.2) is 26.2 Å². The van der Waals surface area contributed by atoms with Gasteiger partial charge in [-0.15, -0.1) is 0 Å². The smallest absolute Gasteiger partial charge is 0.263 e. The lowest BCUT2D eigenvalue weighted by molar-refractivity contribution is 0.191. The summed E-state index contributed by atoms with van der Waals surface area (Å²) in [6.45, 7) is 0.177. The minimum atomic E-state index is -0.765. The predicted octanol–water partition coefficient (Wildman–Crippen LogP) is 3.79. The molecule has 0 bridgehead atoms. The first-order valence-electron chi connectivity index (χ1n) is 9.79. The molecule has 31 heavy (non-hydrogen) atoms. The van der Waals surface area contributed by atoms with Gasteiger partial charge in [0.25, 0.3) is 5.56 Å². The second-order valence-corrected chi connectivity index (χ2v) is 7.07. The molecular weight excluding hydrogens is 395 g/mol. The summed E-state index contributed by atoms with van der Waals surface area (Å²) in [5, 5.41) is 13.5. The second-order valence-electron chi connectivity index (χ2n) is 7.07. The SMILES string of the molecule is Cn1c(NCC(O)c2ccccc2)nc(-c2ccncc2)c(-c2ccc(F)cc2)c1=O. The van der Waals surface area contributed by atoms with Gasteiger partial charge in [-0.2, -0.15) is 0 Å². The molecular formula is C24H21FN4O2. The van der Waals surface area contributed by atoms with Crippen LogP contribution in [0.5, 0.6) is 0 Å². The standard InChI is InChI=1S/C24H21FN4O2/c1-29-23(31)21(17-7-9-19(25)10-8-17)22(18-11-13-26-14-12-18)28-24(29)27-15-20(30)16-5-3-2-4-6-16/h2-14,20,30H,15H2,1H3,(H,27,28). The molecule has 0 aliphatic rings. The topological polar surface area (TPSA) is 80.0 Å². The van der Waals surface area contributed by atoms with E-state index in [0.29, 0.717) is 28.3 Å².